The van der Waals surface area contributed by atoms with Crippen LogP contribution in [-0.4, -0.2) is 32.8 Å². The van der Waals surface area contributed by atoms with Crippen molar-refractivity contribution < 1.29 is 14.7 Å². The molecule has 136 valence electrons. The number of aryl methyl sites for hydroxylation is 1. The second kappa shape index (κ2) is 9.45. The lowest BCUT2D eigenvalue weighted by Gasteiger charge is -2.14. The Hall–Kier alpha value is -1.85. The van der Waals surface area contributed by atoms with Crippen LogP contribution in [0.3, 0.4) is 0 Å². The fraction of sp³-hybridized carbons (Fsp3) is 0.722. The number of carboxylic acids is 1. The summed E-state index contributed by atoms with van der Waals surface area (Å²) in [7, 11) is 0. The smallest absolute Gasteiger partial charge is 0.326 e. The lowest BCUT2D eigenvalue weighted by molar-refractivity contribution is -0.142. The normalized spacial score (nSPS) is 12.4. The number of nitrogens with one attached hydrogen (secondary N) is 1. The van der Waals surface area contributed by atoms with E-state index in [2.05, 4.69) is 24.3 Å². The molecule has 1 aromatic heterocycles. The Labute approximate surface area is 144 Å². The number of unbranched alkanes of at least 4 members (excludes halogenated alkanes) is 1. The summed E-state index contributed by atoms with van der Waals surface area (Å²) in [6.07, 6.45) is 3.04. The summed E-state index contributed by atoms with van der Waals surface area (Å²) in [5.41, 5.74) is 3.13. The second-order valence-corrected chi connectivity index (χ2v) is 6.83. The average Bonchev–Trinajstić information content (AvgIpc) is 2.74. The third kappa shape index (κ3) is 5.98. The van der Waals surface area contributed by atoms with Crippen LogP contribution in [0.4, 0.5) is 0 Å². The van der Waals surface area contributed by atoms with Crippen molar-refractivity contribution in [3.05, 3.63) is 17.0 Å². The molecule has 1 amide bonds. The molecule has 6 nitrogen and oxygen atoms in total. The largest absolute Gasteiger partial charge is 0.480 e. The highest BCUT2D eigenvalue weighted by molar-refractivity contribution is 5.83. The van der Waals surface area contributed by atoms with Crippen molar-refractivity contribution in [2.24, 2.45) is 5.92 Å². The Morgan fingerprint density at radius 3 is 2.50 bits per heavy atom. The number of aromatic nitrogens is 2. The summed E-state index contributed by atoms with van der Waals surface area (Å²) >= 11 is 0. The van der Waals surface area contributed by atoms with Crippen LogP contribution in [0.25, 0.3) is 0 Å². The van der Waals surface area contributed by atoms with Gasteiger partial charge in [0.2, 0.25) is 5.91 Å². The van der Waals surface area contributed by atoms with Crippen LogP contribution < -0.4 is 5.32 Å². The molecule has 0 aliphatic carbocycles. The lowest BCUT2D eigenvalue weighted by Crippen LogP contribution is -2.40. The number of amides is 1. The zero-order valence-corrected chi connectivity index (χ0v) is 15.6. The predicted molar refractivity (Wildman–Crippen MR) is 94.0 cm³/mol. The van der Waals surface area contributed by atoms with E-state index in [0.29, 0.717) is 18.8 Å². The predicted octanol–water partition coefficient (Wildman–Crippen LogP) is 2.85. The van der Waals surface area contributed by atoms with Crippen LogP contribution >= 0.6 is 0 Å². The Morgan fingerprint density at radius 1 is 1.29 bits per heavy atom. The molecule has 0 saturated carbocycles. The molecule has 6 heteroatoms. The molecule has 0 aromatic carbocycles. The van der Waals surface area contributed by atoms with E-state index < -0.39 is 12.0 Å². The minimum atomic E-state index is -0.964. The number of hydrogen-bond donors (Lipinski definition) is 2. The molecule has 0 aliphatic heterocycles. The fourth-order valence-electron chi connectivity index (χ4n) is 2.79. The number of carbonyl (C=O) groups excluding carboxylic acids is 1. The van der Waals surface area contributed by atoms with Crippen LogP contribution in [0.5, 0.6) is 0 Å². The molecule has 0 saturated heterocycles. The van der Waals surface area contributed by atoms with E-state index in [0.717, 1.165) is 36.3 Å². The van der Waals surface area contributed by atoms with Gasteiger partial charge in [0.1, 0.15) is 6.04 Å². The molecule has 0 bridgehead atoms. The minimum absolute atomic E-state index is 0.214. The molecular formula is C18H31N3O3. The van der Waals surface area contributed by atoms with E-state index in [4.69, 9.17) is 0 Å². The SMILES string of the molecule is CCCCC(NC(=O)CCc1c(C)nn(CC(C)C)c1C)C(=O)O. The first-order valence-electron chi connectivity index (χ1n) is 8.81. The van der Waals surface area contributed by atoms with Crippen LogP contribution in [0.1, 0.15) is 63.4 Å². The first kappa shape index (κ1) is 20.2. The fourth-order valence-corrected chi connectivity index (χ4v) is 2.79. The Kier molecular flexibility index (Phi) is 7.95. The van der Waals surface area contributed by atoms with Crippen molar-refractivity contribution in [2.45, 2.75) is 79.3 Å². The number of nitrogens with zero attached hydrogens (tertiary/aromatic N) is 2. The Morgan fingerprint density at radius 2 is 1.96 bits per heavy atom. The monoisotopic (exact) mass is 337 g/mol. The van der Waals surface area contributed by atoms with Crippen molar-refractivity contribution in [3.63, 3.8) is 0 Å². The van der Waals surface area contributed by atoms with Crippen molar-refractivity contribution in [1.29, 1.82) is 0 Å². The summed E-state index contributed by atoms with van der Waals surface area (Å²) in [6, 6.07) is -0.789. The van der Waals surface area contributed by atoms with E-state index >= 15 is 0 Å². The van der Waals surface area contributed by atoms with Gasteiger partial charge in [0.15, 0.2) is 0 Å². The highest BCUT2D eigenvalue weighted by Gasteiger charge is 2.20. The van der Waals surface area contributed by atoms with Crippen molar-refractivity contribution in [1.82, 2.24) is 15.1 Å². The van der Waals surface area contributed by atoms with E-state index in [1.165, 1.54) is 0 Å². The number of hydrogen-bond acceptors (Lipinski definition) is 3. The van der Waals surface area contributed by atoms with E-state index in [1.807, 2.05) is 25.5 Å². The molecule has 1 aromatic rings. The van der Waals surface area contributed by atoms with E-state index in [1.54, 1.807) is 0 Å². The number of carbonyl (C=O) groups is 2. The van der Waals surface area contributed by atoms with Crippen LogP contribution in [0.2, 0.25) is 0 Å². The first-order chi connectivity index (χ1) is 11.3. The minimum Gasteiger partial charge on any atom is -0.480 e. The molecule has 2 N–H and O–H groups in total. The summed E-state index contributed by atoms with van der Waals surface area (Å²) in [4.78, 5) is 23.3. The number of carboxylic acid groups (broad SMARTS) is 1. The molecule has 24 heavy (non-hydrogen) atoms. The van der Waals surface area contributed by atoms with Crippen LogP contribution in [0, 0.1) is 19.8 Å². The van der Waals surface area contributed by atoms with Gasteiger partial charge in [0.05, 0.1) is 5.69 Å². The van der Waals surface area contributed by atoms with Crippen molar-refractivity contribution >= 4 is 11.9 Å². The van der Waals surface area contributed by atoms with Crippen molar-refractivity contribution in [2.75, 3.05) is 0 Å². The second-order valence-electron chi connectivity index (χ2n) is 6.83. The molecule has 1 rings (SSSR count). The average molecular weight is 337 g/mol. The molecule has 1 unspecified atom stereocenters. The molecule has 1 atom stereocenters. The highest BCUT2D eigenvalue weighted by Crippen LogP contribution is 2.16. The third-order valence-corrected chi connectivity index (χ3v) is 4.15. The molecule has 0 fully saturated rings. The third-order valence-electron chi connectivity index (χ3n) is 4.15. The van der Waals surface area contributed by atoms with Gasteiger partial charge in [-0.05, 0) is 38.2 Å². The van der Waals surface area contributed by atoms with Gasteiger partial charge in [-0.3, -0.25) is 9.48 Å². The molecular weight excluding hydrogens is 306 g/mol. The standard InChI is InChI=1S/C18H31N3O3/c1-6-7-8-16(18(23)24)19-17(22)10-9-15-13(4)20-21(14(15)5)11-12(2)3/h12,16H,6-11H2,1-5H3,(H,19,22)(H,23,24). The van der Waals surface area contributed by atoms with Gasteiger partial charge in [-0.15, -0.1) is 0 Å². The highest BCUT2D eigenvalue weighted by atomic mass is 16.4. The molecule has 0 radical (unpaired) electrons. The maximum Gasteiger partial charge on any atom is 0.326 e. The van der Waals surface area contributed by atoms with Gasteiger partial charge in [-0.1, -0.05) is 33.6 Å². The zero-order chi connectivity index (χ0) is 18.3. The van der Waals surface area contributed by atoms with Crippen LogP contribution in [-0.2, 0) is 22.6 Å². The lowest BCUT2D eigenvalue weighted by atomic mass is 10.1. The van der Waals surface area contributed by atoms with Gasteiger partial charge in [0, 0.05) is 18.7 Å². The molecule has 0 spiro atoms. The summed E-state index contributed by atoms with van der Waals surface area (Å²) < 4.78 is 1.99. The van der Waals surface area contributed by atoms with Crippen molar-refractivity contribution in [3.8, 4) is 0 Å². The Bertz CT molecular complexity index is 564. The van der Waals surface area contributed by atoms with E-state index in [-0.39, 0.29) is 12.3 Å². The van der Waals surface area contributed by atoms with Gasteiger partial charge < -0.3 is 10.4 Å². The summed E-state index contributed by atoms with van der Waals surface area (Å²) in [6.45, 7) is 11.1. The Balaban J connectivity index is 2.63. The van der Waals surface area contributed by atoms with Gasteiger partial charge >= 0.3 is 5.97 Å². The molecule has 1 heterocycles. The van der Waals surface area contributed by atoms with E-state index in [9.17, 15) is 14.7 Å². The van der Waals surface area contributed by atoms with Crippen LogP contribution in [0.15, 0.2) is 0 Å². The van der Waals surface area contributed by atoms with Gasteiger partial charge in [0.25, 0.3) is 0 Å². The summed E-state index contributed by atoms with van der Waals surface area (Å²) in [5.74, 6) is -0.670. The number of aliphatic carboxylic acids is 1. The zero-order valence-electron chi connectivity index (χ0n) is 15.6. The quantitative estimate of drug-likeness (QED) is 0.687. The number of rotatable bonds is 10. The maximum absolute atomic E-state index is 12.1. The summed E-state index contributed by atoms with van der Waals surface area (Å²) in [5, 5.41) is 16.4. The van der Waals surface area contributed by atoms with Gasteiger partial charge in [-0.2, -0.15) is 5.10 Å². The van der Waals surface area contributed by atoms with Gasteiger partial charge in [-0.25, -0.2) is 4.79 Å². The molecule has 0 aliphatic rings. The topological polar surface area (TPSA) is 84.2 Å². The first-order valence-corrected chi connectivity index (χ1v) is 8.81. The maximum atomic E-state index is 12.1.